The number of fused-ring (bicyclic) bond motifs is 1. The molecule has 2 aliphatic rings. The highest BCUT2D eigenvalue weighted by molar-refractivity contribution is 9.10. The zero-order chi connectivity index (χ0) is 21.8. The third-order valence-electron chi connectivity index (χ3n) is 4.45. The number of methoxy groups -OCH3 is 1. The van der Waals surface area contributed by atoms with E-state index in [0.717, 1.165) is 10.0 Å². The minimum Gasteiger partial charge on any atom is -0.493 e. The van der Waals surface area contributed by atoms with Gasteiger partial charge in [0.05, 0.1) is 17.2 Å². The lowest BCUT2D eigenvalue weighted by atomic mass is 10.1. The summed E-state index contributed by atoms with van der Waals surface area (Å²) in [6.45, 7) is 0.697. The highest BCUT2D eigenvalue weighted by atomic mass is 79.9. The summed E-state index contributed by atoms with van der Waals surface area (Å²) < 4.78 is 17.5. The molecule has 2 aliphatic heterocycles. The number of para-hydroxylation sites is 2. The molecule has 4 rings (SSSR count). The van der Waals surface area contributed by atoms with E-state index < -0.39 is 5.91 Å². The maximum absolute atomic E-state index is 12.3. The highest BCUT2D eigenvalue weighted by Gasteiger charge is 2.31. The van der Waals surface area contributed by atoms with Crippen molar-refractivity contribution in [3.63, 3.8) is 0 Å². The third-order valence-corrected chi connectivity index (χ3v) is 5.82. The van der Waals surface area contributed by atoms with Gasteiger partial charge in [-0.05, 0) is 57.2 Å². The first-order valence-corrected chi connectivity index (χ1v) is 11.0. The molecule has 0 fully saturated rings. The number of thioether (sulfide) groups is 1. The summed E-state index contributed by atoms with van der Waals surface area (Å²) in [7, 11) is 1.60. The lowest BCUT2D eigenvalue weighted by molar-refractivity contribution is -0.114. The standard InChI is InChI=1S/C22H18BrN3O4S/c1-28-18-4-2-3-5-19(18)30-10-9-29-17-7-6-14(13-16(17)23)12-15-20(24)26-8-11-31-22(26)25-21(15)27/h2-8,11-13,24H,9-10H2,1H3/b15-12-,24-20?. The van der Waals surface area contributed by atoms with E-state index in [1.165, 1.54) is 11.8 Å². The lowest BCUT2D eigenvalue weighted by Crippen LogP contribution is -2.35. The molecule has 7 nitrogen and oxygen atoms in total. The normalized spacial score (nSPS) is 16.4. The number of amides is 1. The van der Waals surface area contributed by atoms with Gasteiger partial charge in [0.1, 0.15) is 24.8 Å². The molecule has 2 heterocycles. The Morgan fingerprint density at radius 3 is 2.61 bits per heavy atom. The first kappa shape index (κ1) is 21.2. The Balaban J connectivity index is 1.39. The second kappa shape index (κ2) is 9.40. The number of carbonyl (C=O) groups excluding carboxylic acids is 1. The molecule has 0 bridgehead atoms. The van der Waals surface area contributed by atoms with E-state index in [0.29, 0.717) is 35.6 Å². The molecule has 0 aromatic heterocycles. The van der Waals surface area contributed by atoms with Crippen LogP contribution in [-0.2, 0) is 4.79 Å². The van der Waals surface area contributed by atoms with Crippen LogP contribution in [0, 0.1) is 5.41 Å². The van der Waals surface area contributed by atoms with E-state index in [4.69, 9.17) is 19.6 Å². The van der Waals surface area contributed by atoms with Crippen molar-refractivity contribution in [2.75, 3.05) is 20.3 Å². The molecule has 2 aromatic carbocycles. The zero-order valence-electron chi connectivity index (χ0n) is 16.5. The maximum Gasteiger partial charge on any atom is 0.283 e. The molecular formula is C22H18BrN3O4S. The smallest absolute Gasteiger partial charge is 0.283 e. The fourth-order valence-corrected chi connectivity index (χ4v) is 4.18. The molecule has 1 amide bonds. The van der Waals surface area contributed by atoms with Crippen LogP contribution in [0.4, 0.5) is 0 Å². The molecule has 0 atom stereocenters. The Bertz CT molecular complexity index is 1130. The second-order valence-electron chi connectivity index (χ2n) is 6.42. The van der Waals surface area contributed by atoms with Crippen LogP contribution < -0.4 is 14.2 Å². The van der Waals surface area contributed by atoms with Gasteiger partial charge >= 0.3 is 0 Å². The van der Waals surface area contributed by atoms with Gasteiger partial charge in [0, 0.05) is 6.20 Å². The van der Waals surface area contributed by atoms with E-state index in [9.17, 15) is 4.79 Å². The molecule has 158 valence electrons. The van der Waals surface area contributed by atoms with Gasteiger partial charge in [-0.3, -0.25) is 15.1 Å². The number of rotatable bonds is 7. The van der Waals surface area contributed by atoms with E-state index in [1.807, 2.05) is 36.4 Å². The number of nitrogens with zero attached hydrogens (tertiary/aromatic N) is 2. The van der Waals surface area contributed by atoms with E-state index in [1.54, 1.807) is 35.8 Å². The summed E-state index contributed by atoms with van der Waals surface area (Å²) in [5.41, 5.74) is 0.994. The maximum atomic E-state index is 12.3. The average molecular weight is 500 g/mol. The summed E-state index contributed by atoms with van der Waals surface area (Å²) >= 11 is 4.82. The Hall–Kier alpha value is -3.04. The monoisotopic (exact) mass is 499 g/mol. The van der Waals surface area contributed by atoms with Gasteiger partial charge in [0.15, 0.2) is 16.7 Å². The third kappa shape index (κ3) is 4.67. The molecule has 1 N–H and O–H groups in total. The SMILES string of the molecule is COc1ccccc1OCCOc1ccc(/C=C2/C(=N)N3C=CSC3=NC2=O)cc1Br. The Labute approximate surface area is 192 Å². The summed E-state index contributed by atoms with van der Waals surface area (Å²) in [5, 5.41) is 10.6. The van der Waals surface area contributed by atoms with Crippen molar-refractivity contribution in [3.8, 4) is 17.2 Å². The van der Waals surface area contributed by atoms with Gasteiger partial charge in [-0.1, -0.05) is 30.0 Å². The van der Waals surface area contributed by atoms with Gasteiger partial charge < -0.3 is 14.2 Å². The summed E-state index contributed by atoms with van der Waals surface area (Å²) in [5.74, 6) is 1.67. The van der Waals surface area contributed by atoms with Crippen molar-refractivity contribution in [2.24, 2.45) is 4.99 Å². The minimum absolute atomic E-state index is 0.112. The van der Waals surface area contributed by atoms with Crippen LogP contribution in [0.2, 0.25) is 0 Å². The molecule has 0 radical (unpaired) electrons. The minimum atomic E-state index is -0.419. The molecule has 0 unspecified atom stereocenters. The average Bonchev–Trinajstić information content (AvgIpc) is 3.24. The molecule has 9 heteroatoms. The van der Waals surface area contributed by atoms with E-state index in [2.05, 4.69) is 20.9 Å². The van der Waals surface area contributed by atoms with Gasteiger partial charge in [-0.25, -0.2) is 0 Å². The molecule has 0 spiro atoms. The number of hydrogen-bond acceptors (Lipinski definition) is 6. The van der Waals surface area contributed by atoms with Gasteiger partial charge in [0.25, 0.3) is 5.91 Å². The van der Waals surface area contributed by atoms with Crippen molar-refractivity contribution >= 4 is 50.7 Å². The van der Waals surface area contributed by atoms with Gasteiger partial charge in [-0.15, -0.1) is 0 Å². The van der Waals surface area contributed by atoms with Gasteiger partial charge in [0.2, 0.25) is 0 Å². The number of carbonyl (C=O) groups is 1. The van der Waals surface area contributed by atoms with Crippen molar-refractivity contribution in [3.05, 3.63) is 69.7 Å². The molecule has 0 aliphatic carbocycles. The number of ether oxygens (including phenoxy) is 3. The van der Waals surface area contributed by atoms with Crippen LogP contribution in [0.15, 0.2) is 69.1 Å². The first-order chi connectivity index (χ1) is 15.1. The fourth-order valence-electron chi connectivity index (χ4n) is 2.96. The first-order valence-electron chi connectivity index (χ1n) is 9.31. The van der Waals surface area contributed by atoms with Crippen LogP contribution in [0.5, 0.6) is 17.2 Å². The predicted octanol–water partition coefficient (Wildman–Crippen LogP) is 4.69. The number of aliphatic imine (C=N–C) groups is 1. The molecular weight excluding hydrogens is 482 g/mol. The second-order valence-corrected chi connectivity index (χ2v) is 8.14. The molecule has 0 saturated heterocycles. The molecule has 31 heavy (non-hydrogen) atoms. The summed E-state index contributed by atoms with van der Waals surface area (Å²) in [4.78, 5) is 17.9. The number of amidine groups is 2. The quantitative estimate of drug-likeness (QED) is 0.439. The Morgan fingerprint density at radius 2 is 1.87 bits per heavy atom. The zero-order valence-corrected chi connectivity index (χ0v) is 18.9. The fraction of sp³-hybridized carbons (Fsp3) is 0.136. The van der Waals surface area contributed by atoms with E-state index >= 15 is 0 Å². The van der Waals surface area contributed by atoms with Crippen molar-refractivity contribution in [1.82, 2.24) is 4.90 Å². The molecule has 2 aromatic rings. The Kier molecular flexibility index (Phi) is 6.43. The number of benzene rings is 2. The number of hydrogen-bond donors (Lipinski definition) is 1. The van der Waals surface area contributed by atoms with Gasteiger partial charge in [-0.2, -0.15) is 4.99 Å². The summed E-state index contributed by atoms with van der Waals surface area (Å²) in [6, 6.07) is 12.9. The van der Waals surface area contributed by atoms with Crippen molar-refractivity contribution in [1.29, 1.82) is 5.41 Å². The van der Waals surface area contributed by atoms with Crippen molar-refractivity contribution < 1.29 is 19.0 Å². The molecule has 0 saturated carbocycles. The number of nitrogens with one attached hydrogen (secondary N) is 1. The van der Waals surface area contributed by atoms with Crippen LogP contribution in [0.1, 0.15) is 5.56 Å². The predicted molar refractivity (Wildman–Crippen MR) is 125 cm³/mol. The number of halogens is 1. The van der Waals surface area contributed by atoms with Crippen LogP contribution in [0.3, 0.4) is 0 Å². The van der Waals surface area contributed by atoms with E-state index in [-0.39, 0.29) is 11.4 Å². The van der Waals surface area contributed by atoms with Crippen LogP contribution in [0.25, 0.3) is 6.08 Å². The van der Waals surface area contributed by atoms with Crippen LogP contribution >= 0.6 is 27.7 Å². The largest absolute Gasteiger partial charge is 0.493 e. The van der Waals surface area contributed by atoms with Crippen molar-refractivity contribution in [2.45, 2.75) is 0 Å². The van der Waals surface area contributed by atoms with Crippen LogP contribution in [-0.4, -0.2) is 42.1 Å². The highest BCUT2D eigenvalue weighted by Crippen LogP contribution is 2.30. The lowest BCUT2D eigenvalue weighted by Gasteiger charge is -2.22. The topological polar surface area (TPSA) is 84.2 Å². The Morgan fingerprint density at radius 1 is 1.13 bits per heavy atom. The summed E-state index contributed by atoms with van der Waals surface area (Å²) in [6.07, 6.45) is 3.38.